The third kappa shape index (κ3) is 2.52. The molecule has 3 atom stereocenters. The van der Waals surface area contributed by atoms with Gasteiger partial charge in [-0.1, -0.05) is 40.2 Å². The van der Waals surface area contributed by atoms with Crippen LogP contribution in [0.15, 0.2) is 53.1 Å². The quantitative estimate of drug-likeness (QED) is 0.273. The molecule has 4 heterocycles. The summed E-state index contributed by atoms with van der Waals surface area (Å²) >= 11 is 3.56. The molecule has 2 amide bonds. The molecule has 2 spiro atoms. The Balaban J connectivity index is 1.68. The van der Waals surface area contributed by atoms with Crippen molar-refractivity contribution < 1.29 is 9.59 Å². The Morgan fingerprint density at radius 3 is 2.26 bits per heavy atom. The number of fused-ring (bicyclic) bond motifs is 5. The fraction of sp³-hybridized carbons (Fsp3) is 0.286. The van der Waals surface area contributed by atoms with Gasteiger partial charge in [-0.2, -0.15) is 0 Å². The van der Waals surface area contributed by atoms with E-state index in [0.717, 1.165) is 43.1 Å². The third-order valence-corrected chi connectivity index (χ3v) is 9.76. The van der Waals surface area contributed by atoms with Crippen LogP contribution in [0, 0.1) is 10.8 Å². The number of aromatic amines is 2. The van der Waals surface area contributed by atoms with Crippen LogP contribution in [0.5, 0.6) is 0 Å². The van der Waals surface area contributed by atoms with E-state index < -0.39 is 17.0 Å². The molecule has 2 aromatic heterocycles. The van der Waals surface area contributed by atoms with Gasteiger partial charge in [-0.05, 0) is 29.3 Å². The lowest BCUT2D eigenvalue weighted by molar-refractivity contribution is -0.151. The van der Waals surface area contributed by atoms with E-state index in [1.54, 1.807) is 38.0 Å². The lowest BCUT2D eigenvalue weighted by Crippen LogP contribution is -2.77. The van der Waals surface area contributed by atoms with Crippen molar-refractivity contribution >= 4 is 61.5 Å². The summed E-state index contributed by atoms with van der Waals surface area (Å²) in [6.45, 7) is 0. The van der Waals surface area contributed by atoms with Crippen LogP contribution in [0.25, 0.3) is 21.8 Å². The average molecular weight is 587 g/mol. The topological polar surface area (TPSA) is 126 Å². The number of carbonyl (C=O) groups is 2. The smallest absolute Gasteiger partial charge is 0.259 e. The lowest BCUT2D eigenvalue weighted by Gasteiger charge is -2.55. The molecule has 39 heavy (non-hydrogen) atoms. The molecule has 0 unspecified atom stereocenters. The number of aromatic nitrogens is 2. The van der Waals surface area contributed by atoms with Gasteiger partial charge in [0.1, 0.15) is 0 Å². The lowest BCUT2D eigenvalue weighted by atomic mass is 9.57. The minimum Gasteiger partial charge on any atom is -0.361 e. The second kappa shape index (κ2) is 7.50. The molecule has 0 bridgehead atoms. The van der Waals surface area contributed by atoms with Crippen molar-refractivity contribution in [1.29, 1.82) is 10.8 Å². The van der Waals surface area contributed by atoms with Crippen LogP contribution in [0.1, 0.15) is 22.7 Å². The predicted molar refractivity (Wildman–Crippen MR) is 152 cm³/mol. The van der Waals surface area contributed by atoms with Crippen LogP contribution in [-0.4, -0.2) is 92.6 Å². The SMILES string of the molecule is CN1C(=N)N(C)[C@]2(Cc3c([nH]c4ccccc34)[C@@H](c3c[nH]c4cc(Br)ccc34)[C@@]23C(=O)N(C)C(=N)N3C)C1=O. The standard InChI is InChI=1S/C28H27BrN8O2/c1-34-23(38)27(36(3)25(34)30)12-17-15-7-5-6-8-19(15)33-22(17)21(28(27)24(39)35(2)26(31)37(28)4)18-13-32-20-11-14(29)9-10-16(18)20/h5-11,13,21,30-33H,12H2,1-4H3/t21-,27-,28-/m1/s1. The highest BCUT2D eigenvalue weighted by Gasteiger charge is 2.78. The highest BCUT2D eigenvalue weighted by atomic mass is 79.9. The van der Waals surface area contributed by atoms with Gasteiger partial charge in [0.15, 0.2) is 11.1 Å². The first-order valence-electron chi connectivity index (χ1n) is 12.6. The van der Waals surface area contributed by atoms with Crippen LogP contribution < -0.4 is 0 Å². The minimum atomic E-state index is -1.56. The molecule has 1 aliphatic carbocycles. The highest BCUT2D eigenvalue weighted by molar-refractivity contribution is 9.10. The van der Waals surface area contributed by atoms with Crippen molar-refractivity contribution in [3.63, 3.8) is 0 Å². The molecule has 10 nitrogen and oxygen atoms in total. The number of rotatable bonds is 1. The fourth-order valence-electron chi connectivity index (χ4n) is 7.43. The van der Waals surface area contributed by atoms with Crippen LogP contribution in [0.2, 0.25) is 0 Å². The summed E-state index contributed by atoms with van der Waals surface area (Å²) in [5.41, 5.74) is 1.39. The molecule has 198 valence electrons. The number of benzene rings is 2. The summed E-state index contributed by atoms with van der Waals surface area (Å²) in [7, 11) is 6.61. The summed E-state index contributed by atoms with van der Waals surface area (Å²) in [4.78, 5) is 42.2. The van der Waals surface area contributed by atoms with Crippen molar-refractivity contribution in [3.8, 4) is 0 Å². The van der Waals surface area contributed by atoms with Gasteiger partial charge in [-0.3, -0.25) is 30.2 Å². The first kappa shape index (κ1) is 24.0. The Morgan fingerprint density at radius 1 is 0.897 bits per heavy atom. The highest BCUT2D eigenvalue weighted by Crippen LogP contribution is 2.59. The molecule has 0 saturated carbocycles. The van der Waals surface area contributed by atoms with E-state index in [9.17, 15) is 9.59 Å². The van der Waals surface area contributed by atoms with Crippen LogP contribution in [0.3, 0.4) is 0 Å². The zero-order chi connectivity index (χ0) is 27.6. The first-order chi connectivity index (χ1) is 18.6. The maximum atomic E-state index is 14.7. The Labute approximate surface area is 232 Å². The molecule has 11 heteroatoms. The second-order valence-electron chi connectivity index (χ2n) is 10.7. The van der Waals surface area contributed by atoms with Crippen LogP contribution >= 0.6 is 15.9 Å². The molecule has 2 aliphatic heterocycles. The Bertz CT molecular complexity index is 1790. The van der Waals surface area contributed by atoms with Crippen molar-refractivity contribution in [2.45, 2.75) is 23.4 Å². The number of guanidine groups is 2. The van der Waals surface area contributed by atoms with Crippen molar-refractivity contribution in [3.05, 3.63) is 70.0 Å². The Hall–Kier alpha value is -4.12. The van der Waals surface area contributed by atoms with Crippen molar-refractivity contribution in [2.24, 2.45) is 0 Å². The van der Waals surface area contributed by atoms with E-state index in [0.29, 0.717) is 0 Å². The van der Waals surface area contributed by atoms with E-state index >= 15 is 0 Å². The van der Waals surface area contributed by atoms with Gasteiger partial charge < -0.3 is 19.8 Å². The number of para-hydroxylation sites is 1. The van der Waals surface area contributed by atoms with Gasteiger partial charge in [-0.25, -0.2) is 0 Å². The van der Waals surface area contributed by atoms with Crippen molar-refractivity contribution in [2.75, 3.05) is 28.2 Å². The van der Waals surface area contributed by atoms with Gasteiger partial charge in [0.05, 0.1) is 5.92 Å². The summed E-state index contributed by atoms with van der Waals surface area (Å²) in [6, 6.07) is 13.9. The average Bonchev–Trinajstić information content (AvgIpc) is 3.60. The van der Waals surface area contributed by atoms with E-state index in [1.807, 2.05) is 48.7 Å². The molecule has 0 radical (unpaired) electrons. The van der Waals surface area contributed by atoms with E-state index in [4.69, 9.17) is 10.8 Å². The van der Waals surface area contributed by atoms with E-state index in [2.05, 4.69) is 25.9 Å². The molecular formula is C28H27BrN8O2. The van der Waals surface area contributed by atoms with Crippen LogP contribution in [-0.2, 0) is 16.0 Å². The molecule has 7 rings (SSSR count). The molecule has 2 saturated heterocycles. The minimum absolute atomic E-state index is 0.00815. The molecule has 4 N–H and O–H groups in total. The number of amides is 2. The molecular weight excluding hydrogens is 560 g/mol. The molecule has 2 fully saturated rings. The van der Waals surface area contributed by atoms with Gasteiger partial charge in [0, 0.05) is 72.8 Å². The number of likely N-dealkylation sites (N-methyl/N-ethyl adjacent to an activating group) is 4. The summed E-state index contributed by atoms with van der Waals surface area (Å²) < 4.78 is 0.917. The van der Waals surface area contributed by atoms with Crippen molar-refractivity contribution in [1.82, 2.24) is 29.6 Å². The monoisotopic (exact) mass is 586 g/mol. The summed E-state index contributed by atoms with van der Waals surface area (Å²) in [5.74, 6) is -1.32. The van der Waals surface area contributed by atoms with Gasteiger partial charge in [0.2, 0.25) is 11.9 Å². The van der Waals surface area contributed by atoms with E-state index in [-0.39, 0.29) is 30.2 Å². The summed E-state index contributed by atoms with van der Waals surface area (Å²) in [6.07, 6.45) is 2.12. The zero-order valence-electron chi connectivity index (χ0n) is 21.9. The number of carbonyl (C=O) groups excluding carboxylic acids is 2. The largest absolute Gasteiger partial charge is 0.361 e. The molecule has 2 aromatic carbocycles. The second-order valence-corrected chi connectivity index (χ2v) is 11.6. The predicted octanol–water partition coefficient (Wildman–Crippen LogP) is 3.25. The number of nitrogens with one attached hydrogen (secondary N) is 4. The van der Waals surface area contributed by atoms with Crippen LogP contribution in [0.4, 0.5) is 0 Å². The first-order valence-corrected chi connectivity index (χ1v) is 13.4. The number of hydrogen-bond acceptors (Lipinski definition) is 4. The zero-order valence-corrected chi connectivity index (χ0v) is 23.5. The third-order valence-electron chi connectivity index (χ3n) is 9.26. The Kier molecular flexibility index (Phi) is 4.61. The molecule has 4 aromatic rings. The Morgan fingerprint density at radius 2 is 1.59 bits per heavy atom. The number of nitrogens with zero attached hydrogens (tertiary/aromatic N) is 4. The normalized spacial score (nSPS) is 26.9. The maximum absolute atomic E-state index is 14.7. The maximum Gasteiger partial charge on any atom is 0.259 e. The number of halogens is 1. The van der Waals surface area contributed by atoms with E-state index in [1.165, 1.54) is 9.80 Å². The van der Waals surface area contributed by atoms with Gasteiger partial charge in [-0.15, -0.1) is 0 Å². The number of H-pyrrole nitrogens is 2. The van der Waals surface area contributed by atoms with Gasteiger partial charge in [0.25, 0.3) is 11.8 Å². The van der Waals surface area contributed by atoms with Gasteiger partial charge >= 0.3 is 0 Å². The molecule has 3 aliphatic rings. The number of hydrogen-bond donors (Lipinski definition) is 4. The fourth-order valence-corrected chi connectivity index (χ4v) is 7.79. The summed E-state index contributed by atoms with van der Waals surface area (Å²) in [5, 5.41) is 19.7.